The Kier molecular flexibility index (Phi) is 5.49. The Bertz CT molecular complexity index is 1620. The van der Waals surface area contributed by atoms with E-state index in [0.29, 0.717) is 17.6 Å². The molecule has 6 nitrogen and oxygen atoms in total. The number of imide groups is 1. The molecule has 3 aromatic carbocycles. The van der Waals surface area contributed by atoms with E-state index in [4.69, 9.17) is 0 Å². The first-order chi connectivity index (χ1) is 19.4. The number of hydrogen-bond donors (Lipinski definition) is 2. The van der Waals surface area contributed by atoms with Crippen LogP contribution in [0.3, 0.4) is 0 Å². The average molecular weight is 530 g/mol. The minimum Gasteiger partial charge on any atom is -0.508 e. The number of carbonyl (C=O) groups excluding carboxylic acids is 4. The van der Waals surface area contributed by atoms with Crippen LogP contribution in [0.4, 0.5) is 0 Å². The van der Waals surface area contributed by atoms with E-state index in [1.165, 1.54) is 6.08 Å². The molecule has 3 aliphatic carbocycles. The third-order valence-corrected chi connectivity index (χ3v) is 9.44. The molecular formula is C34H27NO5. The molecule has 1 saturated carbocycles. The molecule has 2 amide bonds. The molecule has 6 atom stereocenters. The minimum atomic E-state index is -1.25. The van der Waals surface area contributed by atoms with Gasteiger partial charge in [0.05, 0.1) is 17.3 Å². The Morgan fingerprint density at radius 3 is 2.15 bits per heavy atom. The number of rotatable bonds is 3. The molecule has 1 heterocycles. The van der Waals surface area contributed by atoms with Crippen molar-refractivity contribution in [2.24, 2.45) is 23.7 Å². The Morgan fingerprint density at radius 2 is 1.45 bits per heavy atom. The van der Waals surface area contributed by atoms with E-state index in [0.717, 1.165) is 16.7 Å². The summed E-state index contributed by atoms with van der Waals surface area (Å²) in [5, 5.41) is 12.6. The zero-order valence-corrected chi connectivity index (χ0v) is 21.6. The van der Waals surface area contributed by atoms with Crippen molar-refractivity contribution < 1.29 is 24.3 Å². The first-order valence-electron chi connectivity index (χ1n) is 13.7. The normalized spacial score (nSPS) is 30.9. The van der Waals surface area contributed by atoms with Crippen molar-refractivity contribution in [3.8, 4) is 5.75 Å². The molecule has 3 aromatic rings. The molecule has 40 heavy (non-hydrogen) atoms. The van der Waals surface area contributed by atoms with Gasteiger partial charge in [-0.05, 0) is 53.7 Å². The van der Waals surface area contributed by atoms with Gasteiger partial charge in [-0.2, -0.15) is 0 Å². The lowest BCUT2D eigenvalue weighted by Crippen LogP contribution is -2.58. The van der Waals surface area contributed by atoms with Crippen molar-refractivity contribution in [1.82, 2.24) is 5.32 Å². The number of phenols is 1. The lowest BCUT2D eigenvalue weighted by Gasteiger charge is -2.55. The molecule has 4 aliphatic rings. The zero-order valence-electron chi connectivity index (χ0n) is 21.6. The van der Waals surface area contributed by atoms with Crippen molar-refractivity contribution in [3.63, 3.8) is 0 Å². The summed E-state index contributed by atoms with van der Waals surface area (Å²) in [6.07, 6.45) is 4.21. The number of phenolic OH excluding ortho intramolecular Hbond substituents is 1. The molecule has 6 heteroatoms. The second-order valence-electron chi connectivity index (χ2n) is 11.2. The quantitative estimate of drug-likeness (QED) is 0.384. The number of ketones is 2. The molecule has 0 spiro atoms. The lowest BCUT2D eigenvalue weighted by atomic mass is 9.44. The smallest absolute Gasteiger partial charge is 0.231 e. The predicted molar refractivity (Wildman–Crippen MR) is 148 cm³/mol. The van der Waals surface area contributed by atoms with E-state index < -0.39 is 29.1 Å². The summed E-state index contributed by atoms with van der Waals surface area (Å²) in [5.74, 6) is -3.55. The third kappa shape index (κ3) is 3.35. The maximum Gasteiger partial charge on any atom is 0.231 e. The van der Waals surface area contributed by atoms with Crippen LogP contribution in [0, 0.1) is 23.7 Å². The van der Waals surface area contributed by atoms with Gasteiger partial charge >= 0.3 is 0 Å². The second-order valence-corrected chi connectivity index (χ2v) is 11.2. The van der Waals surface area contributed by atoms with Crippen LogP contribution in [0.1, 0.15) is 35.4 Å². The fraction of sp³-hybridized carbons (Fsp3) is 0.235. The van der Waals surface area contributed by atoms with Gasteiger partial charge in [-0.15, -0.1) is 0 Å². The largest absolute Gasteiger partial charge is 0.508 e. The van der Waals surface area contributed by atoms with E-state index in [2.05, 4.69) is 5.32 Å². The first-order valence-corrected chi connectivity index (χ1v) is 13.7. The van der Waals surface area contributed by atoms with E-state index in [9.17, 15) is 24.3 Å². The van der Waals surface area contributed by atoms with Crippen molar-refractivity contribution in [2.75, 3.05) is 0 Å². The zero-order chi connectivity index (χ0) is 27.6. The molecule has 0 aromatic heterocycles. The molecule has 1 aliphatic heterocycles. The van der Waals surface area contributed by atoms with Gasteiger partial charge < -0.3 is 5.11 Å². The Labute approximate surface area is 231 Å². The highest BCUT2D eigenvalue weighted by atomic mass is 16.3. The van der Waals surface area contributed by atoms with Crippen LogP contribution in [0.25, 0.3) is 5.57 Å². The predicted octanol–water partition coefficient (Wildman–Crippen LogP) is 4.50. The van der Waals surface area contributed by atoms with Crippen LogP contribution in [0.5, 0.6) is 5.75 Å². The van der Waals surface area contributed by atoms with Gasteiger partial charge in [0.15, 0.2) is 11.6 Å². The summed E-state index contributed by atoms with van der Waals surface area (Å²) in [4.78, 5) is 55.1. The van der Waals surface area contributed by atoms with Gasteiger partial charge in [-0.3, -0.25) is 24.5 Å². The number of fused-ring (bicyclic) bond motifs is 4. The van der Waals surface area contributed by atoms with Crippen LogP contribution in [-0.2, 0) is 24.6 Å². The molecule has 7 rings (SSSR count). The topological polar surface area (TPSA) is 101 Å². The number of allylic oxidation sites excluding steroid dienone is 4. The number of carbonyl (C=O) groups is 4. The molecule has 0 radical (unpaired) electrons. The van der Waals surface area contributed by atoms with Crippen molar-refractivity contribution in [3.05, 3.63) is 119 Å². The Balaban J connectivity index is 1.52. The average Bonchev–Trinajstić information content (AvgIpc) is 3.28. The maximum absolute atomic E-state index is 14.7. The standard InChI is InChI=1S/C34H27NO5/c36-22-13-11-20(12-14-22)30-23-15-16-24-29(33(40)35-32(24)39)26(23)17-27-31(38)25(19-7-3-1-4-8-19)18-28(37)34(27,30)21-9-5-2-6-10-21/h1-15,18,24,26-27,29-30,36H,16-17H2,(H,35,39,40). The number of Topliss-reactive ketones (excluding diaryl/α,β-unsaturated/α-hetero) is 1. The molecule has 2 fully saturated rings. The fourth-order valence-electron chi connectivity index (χ4n) is 7.83. The highest BCUT2D eigenvalue weighted by Gasteiger charge is 2.65. The number of amides is 2. The highest BCUT2D eigenvalue weighted by Crippen LogP contribution is 2.63. The minimum absolute atomic E-state index is 0.0946. The third-order valence-electron chi connectivity index (χ3n) is 9.44. The molecule has 1 saturated heterocycles. The van der Waals surface area contributed by atoms with Gasteiger partial charge in [-0.25, -0.2) is 0 Å². The van der Waals surface area contributed by atoms with Gasteiger partial charge in [0, 0.05) is 17.4 Å². The molecule has 198 valence electrons. The number of aromatic hydroxyl groups is 1. The number of nitrogens with one attached hydrogen (secondary N) is 1. The molecule has 0 bridgehead atoms. The highest BCUT2D eigenvalue weighted by molar-refractivity contribution is 6.31. The van der Waals surface area contributed by atoms with Crippen LogP contribution in [0.2, 0.25) is 0 Å². The summed E-state index contributed by atoms with van der Waals surface area (Å²) in [6, 6.07) is 25.4. The summed E-state index contributed by atoms with van der Waals surface area (Å²) in [7, 11) is 0. The Hall–Kier alpha value is -4.58. The molecule has 2 N–H and O–H groups in total. The lowest BCUT2D eigenvalue weighted by molar-refractivity contribution is -0.135. The van der Waals surface area contributed by atoms with Crippen LogP contribution < -0.4 is 5.32 Å². The van der Waals surface area contributed by atoms with E-state index in [1.807, 2.05) is 66.7 Å². The molecule has 6 unspecified atom stereocenters. The van der Waals surface area contributed by atoms with Crippen molar-refractivity contribution >= 4 is 29.0 Å². The fourth-order valence-corrected chi connectivity index (χ4v) is 7.83. The maximum atomic E-state index is 14.7. The van der Waals surface area contributed by atoms with Crippen LogP contribution in [0.15, 0.2) is 103 Å². The second kappa shape index (κ2) is 8.98. The van der Waals surface area contributed by atoms with Crippen LogP contribution in [-0.4, -0.2) is 28.5 Å². The van der Waals surface area contributed by atoms with Gasteiger partial charge in [0.2, 0.25) is 11.8 Å². The summed E-state index contributed by atoms with van der Waals surface area (Å²) in [6.45, 7) is 0. The SMILES string of the molecule is O=C1NC(=O)C2C1CC=C1C2CC2C(=O)C(c3ccccc3)=CC(=O)C2(c2ccccc2)C1c1ccc(O)cc1. The summed E-state index contributed by atoms with van der Waals surface area (Å²) >= 11 is 0. The molecular weight excluding hydrogens is 502 g/mol. The Morgan fingerprint density at radius 1 is 0.775 bits per heavy atom. The number of hydrogen-bond acceptors (Lipinski definition) is 5. The van der Waals surface area contributed by atoms with E-state index in [1.54, 1.807) is 24.3 Å². The van der Waals surface area contributed by atoms with E-state index in [-0.39, 0.29) is 41.5 Å². The van der Waals surface area contributed by atoms with Gasteiger partial charge in [-0.1, -0.05) is 84.4 Å². The first kappa shape index (κ1) is 24.5. The van der Waals surface area contributed by atoms with Gasteiger partial charge in [0.25, 0.3) is 0 Å². The van der Waals surface area contributed by atoms with E-state index >= 15 is 0 Å². The monoisotopic (exact) mass is 529 g/mol. The van der Waals surface area contributed by atoms with Gasteiger partial charge in [0.1, 0.15) is 5.75 Å². The van der Waals surface area contributed by atoms with Crippen LogP contribution >= 0.6 is 0 Å². The number of benzene rings is 3. The van der Waals surface area contributed by atoms with Crippen molar-refractivity contribution in [2.45, 2.75) is 24.2 Å². The van der Waals surface area contributed by atoms with Crippen molar-refractivity contribution in [1.29, 1.82) is 0 Å². The summed E-state index contributed by atoms with van der Waals surface area (Å²) < 4.78 is 0. The summed E-state index contributed by atoms with van der Waals surface area (Å²) in [5.41, 5.74) is 2.24.